The van der Waals surface area contributed by atoms with E-state index < -0.39 is 34.6 Å². The molecule has 7 nitrogen and oxygen atoms in total. The summed E-state index contributed by atoms with van der Waals surface area (Å²) in [6.45, 7) is 15.5. The van der Waals surface area contributed by atoms with E-state index in [0.29, 0.717) is 13.0 Å². The minimum atomic E-state index is -0.735. The number of fused-ring (bicyclic) bond motifs is 1. The number of rotatable bonds is 10. The van der Waals surface area contributed by atoms with Crippen molar-refractivity contribution in [1.82, 2.24) is 9.80 Å². The Morgan fingerprint density at radius 1 is 1.38 bits per heavy atom. The first-order chi connectivity index (χ1) is 15.2. The zero-order valence-electron chi connectivity index (χ0n) is 19.5. The van der Waals surface area contributed by atoms with Gasteiger partial charge in [0.05, 0.1) is 29.2 Å². The van der Waals surface area contributed by atoms with Crippen molar-refractivity contribution in [2.24, 2.45) is 17.8 Å². The lowest BCUT2D eigenvalue weighted by molar-refractivity contribution is -0.154. The molecular weight excluding hydrogens is 428 g/mol. The van der Waals surface area contributed by atoms with Gasteiger partial charge >= 0.3 is 5.97 Å². The quantitative estimate of drug-likeness (QED) is 0.394. The van der Waals surface area contributed by atoms with E-state index in [1.165, 1.54) is 6.08 Å². The maximum absolute atomic E-state index is 14.0. The van der Waals surface area contributed by atoms with Crippen molar-refractivity contribution in [3.05, 3.63) is 25.3 Å². The molecule has 3 saturated heterocycles. The molecule has 3 heterocycles. The van der Waals surface area contributed by atoms with E-state index in [9.17, 15) is 19.5 Å². The second-order valence-corrected chi connectivity index (χ2v) is 10.9. The number of thioether (sulfide) groups is 1. The highest BCUT2D eigenvalue weighted by Crippen LogP contribution is 2.69. The molecule has 0 aliphatic carbocycles. The van der Waals surface area contributed by atoms with Crippen LogP contribution >= 0.6 is 11.8 Å². The third-order valence-corrected chi connectivity index (χ3v) is 9.42. The lowest BCUT2D eigenvalue weighted by Crippen LogP contribution is -2.60. The number of likely N-dealkylation sites (tertiary alicyclic amines) is 1. The van der Waals surface area contributed by atoms with Crippen molar-refractivity contribution in [2.75, 3.05) is 19.8 Å². The van der Waals surface area contributed by atoms with Crippen LogP contribution in [0.15, 0.2) is 25.3 Å². The summed E-state index contributed by atoms with van der Waals surface area (Å²) in [6, 6.07) is -1.29. The van der Waals surface area contributed by atoms with Gasteiger partial charge in [0.2, 0.25) is 11.8 Å². The maximum atomic E-state index is 14.0. The van der Waals surface area contributed by atoms with Gasteiger partial charge in [-0.3, -0.25) is 14.4 Å². The first-order valence-electron chi connectivity index (χ1n) is 11.5. The third-order valence-electron chi connectivity index (χ3n) is 7.34. The summed E-state index contributed by atoms with van der Waals surface area (Å²) < 4.78 is 4.67. The molecule has 0 radical (unpaired) electrons. The Morgan fingerprint density at radius 2 is 2.06 bits per heavy atom. The Labute approximate surface area is 195 Å². The molecule has 0 aromatic heterocycles. The zero-order valence-corrected chi connectivity index (χ0v) is 20.3. The summed E-state index contributed by atoms with van der Waals surface area (Å²) in [6.07, 6.45) is 4.47. The van der Waals surface area contributed by atoms with Crippen molar-refractivity contribution >= 4 is 29.5 Å². The van der Waals surface area contributed by atoms with E-state index in [1.807, 2.05) is 20.8 Å². The van der Waals surface area contributed by atoms with E-state index in [0.717, 1.165) is 6.42 Å². The number of ether oxygens (including phenoxy) is 1. The van der Waals surface area contributed by atoms with E-state index >= 15 is 0 Å². The number of esters is 1. The molecule has 2 amide bonds. The van der Waals surface area contributed by atoms with Crippen LogP contribution in [0.25, 0.3) is 0 Å². The van der Waals surface area contributed by atoms with Crippen molar-refractivity contribution in [3.63, 3.8) is 0 Å². The number of nitrogens with zero attached hydrogens (tertiary/aromatic N) is 2. The molecule has 1 N–H and O–H groups in total. The number of aliphatic hydroxyl groups excluding tert-OH is 1. The SMILES string of the molecule is C=CCOC(=O)[C@@H]1[C@H]2C(=O)N([C@@H](CC)CO)C(C(=O)N(CC=C)C(C)C)C23S[C@@H]1CC3C. The van der Waals surface area contributed by atoms with Gasteiger partial charge in [0.25, 0.3) is 0 Å². The van der Waals surface area contributed by atoms with Crippen LogP contribution in [0.2, 0.25) is 0 Å². The summed E-state index contributed by atoms with van der Waals surface area (Å²) >= 11 is 1.61. The summed E-state index contributed by atoms with van der Waals surface area (Å²) in [5.74, 6) is -1.90. The Balaban J connectivity index is 2.12. The van der Waals surface area contributed by atoms with Gasteiger partial charge < -0.3 is 19.6 Å². The highest BCUT2D eigenvalue weighted by atomic mass is 32.2. The summed E-state index contributed by atoms with van der Waals surface area (Å²) in [4.78, 5) is 44.3. The average molecular weight is 465 g/mol. The van der Waals surface area contributed by atoms with Crippen LogP contribution in [0.4, 0.5) is 0 Å². The summed E-state index contributed by atoms with van der Waals surface area (Å²) in [7, 11) is 0. The zero-order chi connectivity index (χ0) is 23.8. The highest BCUT2D eigenvalue weighted by Gasteiger charge is 2.77. The number of amides is 2. The predicted octanol–water partition coefficient (Wildman–Crippen LogP) is 2.25. The van der Waals surface area contributed by atoms with Gasteiger partial charge in [-0.05, 0) is 32.6 Å². The second-order valence-electron chi connectivity index (χ2n) is 9.33. The predicted molar refractivity (Wildman–Crippen MR) is 125 cm³/mol. The fourth-order valence-corrected chi connectivity index (χ4v) is 8.29. The van der Waals surface area contributed by atoms with Crippen LogP contribution in [-0.2, 0) is 19.1 Å². The topological polar surface area (TPSA) is 87.1 Å². The number of hydrogen-bond acceptors (Lipinski definition) is 6. The largest absolute Gasteiger partial charge is 0.461 e. The fraction of sp³-hybridized carbons (Fsp3) is 0.708. The number of carbonyl (C=O) groups excluding carboxylic acids is 3. The molecule has 178 valence electrons. The summed E-state index contributed by atoms with van der Waals surface area (Å²) in [5, 5.41) is 10.0. The minimum Gasteiger partial charge on any atom is -0.461 e. The van der Waals surface area contributed by atoms with Gasteiger partial charge in [-0.25, -0.2) is 0 Å². The lowest BCUT2D eigenvalue weighted by atomic mass is 9.66. The molecule has 3 rings (SSSR count). The van der Waals surface area contributed by atoms with E-state index in [1.54, 1.807) is 27.6 Å². The molecule has 3 aliphatic rings. The lowest BCUT2D eigenvalue weighted by Gasteiger charge is -2.42. The van der Waals surface area contributed by atoms with Crippen molar-refractivity contribution in [2.45, 2.75) is 68.7 Å². The first-order valence-corrected chi connectivity index (χ1v) is 12.4. The van der Waals surface area contributed by atoms with Gasteiger partial charge in [0.1, 0.15) is 12.6 Å². The molecule has 32 heavy (non-hydrogen) atoms. The molecule has 8 heteroatoms. The van der Waals surface area contributed by atoms with Gasteiger partial charge in [0, 0.05) is 17.8 Å². The van der Waals surface area contributed by atoms with Crippen molar-refractivity contribution in [1.29, 1.82) is 0 Å². The molecule has 3 unspecified atom stereocenters. The van der Waals surface area contributed by atoms with Crippen LogP contribution in [0.5, 0.6) is 0 Å². The molecule has 0 aromatic carbocycles. The molecule has 3 fully saturated rings. The van der Waals surface area contributed by atoms with Gasteiger partial charge in [-0.1, -0.05) is 32.6 Å². The Bertz CT molecular complexity index is 782. The van der Waals surface area contributed by atoms with Crippen LogP contribution in [0.1, 0.15) is 40.5 Å². The first kappa shape index (κ1) is 24.8. The molecule has 2 bridgehead atoms. The third kappa shape index (κ3) is 3.59. The van der Waals surface area contributed by atoms with E-state index in [2.05, 4.69) is 20.1 Å². The Kier molecular flexibility index (Phi) is 7.44. The number of hydrogen-bond donors (Lipinski definition) is 1. The monoisotopic (exact) mass is 464 g/mol. The van der Waals surface area contributed by atoms with Crippen LogP contribution in [0, 0.1) is 17.8 Å². The van der Waals surface area contributed by atoms with Gasteiger partial charge in [-0.2, -0.15) is 0 Å². The molecular formula is C24H36N2O5S. The maximum Gasteiger partial charge on any atom is 0.311 e. The van der Waals surface area contributed by atoms with Crippen LogP contribution in [0.3, 0.4) is 0 Å². The molecule has 7 atom stereocenters. The van der Waals surface area contributed by atoms with Crippen LogP contribution in [-0.4, -0.2) is 80.6 Å². The smallest absolute Gasteiger partial charge is 0.311 e. The second kappa shape index (κ2) is 9.59. The average Bonchev–Trinajstić information content (AvgIpc) is 3.35. The Hall–Kier alpha value is -1.80. The van der Waals surface area contributed by atoms with Gasteiger partial charge in [-0.15, -0.1) is 18.3 Å². The molecule has 0 saturated carbocycles. The number of aliphatic hydroxyl groups is 1. The van der Waals surface area contributed by atoms with E-state index in [4.69, 9.17) is 4.74 Å². The Morgan fingerprint density at radius 3 is 2.59 bits per heavy atom. The molecule has 1 spiro atoms. The van der Waals surface area contributed by atoms with Crippen molar-refractivity contribution in [3.8, 4) is 0 Å². The highest BCUT2D eigenvalue weighted by molar-refractivity contribution is 8.02. The van der Waals surface area contributed by atoms with Crippen LogP contribution < -0.4 is 0 Å². The van der Waals surface area contributed by atoms with Gasteiger partial charge in [0.15, 0.2) is 0 Å². The van der Waals surface area contributed by atoms with E-state index in [-0.39, 0.29) is 42.2 Å². The minimum absolute atomic E-state index is 0.0603. The summed E-state index contributed by atoms with van der Waals surface area (Å²) in [5.41, 5.74) is 0. The number of carbonyl (C=O) groups is 3. The molecule has 0 aromatic rings. The molecule has 3 aliphatic heterocycles. The fourth-order valence-electron chi connectivity index (χ4n) is 5.90. The normalized spacial score (nSPS) is 33.9. The van der Waals surface area contributed by atoms with Crippen molar-refractivity contribution < 1.29 is 24.2 Å². The standard InChI is InChI=1S/C24H36N2O5S/c1-7-10-25(14(4)5)22(29)20-24-15(6)12-17(32-24)18(23(30)31-11-8-2)19(24)21(28)26(20)16(9-3)13-27/h7-8,14-20,27H,1-2,9-13H2,3-6H3/t15?,16-,17+,18-,19-,20?,24?/m0/s1.